The van der Waals surface area contributed by atoms with E-state index in [1.54, 1.807) is 7.11 Å². The van der Waals surface area contributed by atoms with E-state index in [-0.39, 0.29) is 12.5 Å². The Morgan fingerprint density at radius 2 is 1.96 bits per heavy atom. The molecule has 2 aliphatic rings. The van der Waals surface area contributed by atoms with Crippen LogP contribution in [0.25, 0.3) is 0 Å². The van der Waals surface area contributed by atoms with Gasteiger partial charge in [-0.1, -0.05) is 12.1 Å². The van der Waals surface area contributed by atoms with E-state index in [1.807, 2.05) is 24.3 Å². The Morgan fingerprint density at radius 3 is 2.56 bits per heavy atom. The number of aliphatic hydroxyl groups excluding tert-OH is 1. The predicted molar refractivity (Wildman–Crippen MR) is 85.8 cm³/mol. The lowest BCUT2D eigenvalue weighted by molar-refractivity contribution is -0.341. The summed E-state index contributed by atoms with van der Waals surface area (Å²) in [5.74, 6) is 0.444. The zero-order valence-electron chi connectivity index (χ0n) is 14.4. The first kappa shape index (κ1) is 18.1. The molecule has 2 fully saturated rings. The first-order valence-corrected chi connectivity index (χ1v) is 8.08. The van der Waals surface area contributed by atoms with Crippen LogP contribution in [0.3, 0.4) is 0 Å². The smallest absolute Gasteiger partial charge is 0.217 e. The molecule has 0 radical (unpaired) electrons. The summed E-state index contributed by atoms with van der Waals surface area (Å²) in [5.41, 5.74) is 0.802. The second kappa shape index (κ2) is 7.67. The van der Waals surface area contributed by atoms with Crippen molar-refractivity contribution in [2.75, 3.05) is 20.8 Å². The van der Waals surface area contributed by atoms with Gasteiger partial charge in [0.05, 0.1) is 13.7 Å². The maximum atomic E-state index is 11.4. The average Bonchev–Trinajstić information content (AvgIpc) is 2.63. The number of fused-ring (bicyclic) bond motifs is 1. The summed E-state index contributed by atoms with van der Waals surface area (Å²) in [7, 11) is 3.05. The molecule has 2 aliphatic heterocycles. The third-order valence-corrected chi connectivity index (χ3v) is 4.36. The maximum absolute atomic E-state index is 11.4. The molecular formula is C17H23NO7. The molecule has 1 aromatic carbocycles. The average molecular weight is 353 g/mol. The van der Waals surface area contributed by atoms with Crippen LogP contribution in [0.2, 0.25) is 0 Å². The van der Waals surface area contributed by atoms with Crippen LogP contribution in [0, 0.1) is 0 Å². The molecular weight excluding hydrogens is 330 g/mol. The predicted octanol–water partition coefficient (Wildman–Crippen LogP) is 0.346. The number of amides is 1. The first-order chi connectivity index (χ1) is 12.0. The van der Waals surface area contributed by atoms with Gasteiger partial charge < -0.3 is 34.1 Å². The Bertz CT molecular complexity index is 593. The fourth-order valence-electron chi connectivity index (χ4n) is 3.11. The summed E-state index contributed by atoms with van der Waals surface area (Å²) in [6.45, 7) is 1.61. The van der Waals surface area contributed by atoms with Gasteiger partial charge in [0.1, 0.15) is 30.1 Å². The van der Waals surface area contributed by atoms with Gasteiger partial charge in [-0.15, -0.1) is 0 Å². The molecule has 0 saturated carbocycles. The zero-order valence-corrected chi connectivity index (χ0v) is 14.4. The highest BCUT2D eigenvalue weighted by Crippen LogP contribution is 2.34. The Labute approximate surface area is 146 Å². The molecule has 0 aromatic heterocycles. The summed E-state index contributed by atoms with van der Waals surface area (Å²) < 4.78 is 27.8. The fourth-order valence-corrected chi connectivity index (χ4v) is 3.11. The van der Waals surface area contributed by atoms with Gasteiger partial charge in [0.2, 0.25) is 5.91 Å². The van der Waals surface area contributed by atoms with Crippen LogP contribution in [0.5, 0.6) is 5.75 Å². The lowest BCUT2D eigenvalue weighted by atomic mass is 9.95. The molecule has 3 rings (SSSR count). The highest BCUT2D eigenvalue weighted by Gasteiger charge is 2.49. The summed E-state index contributed by atoms with van der Waals surface area (Å²) in [5, 5.41) is 13.3. The topological polar surface area (TPSA) is 95.5 Å². The Morgan fingerprint density at radius 1 is 1.24 bits per heavy atom. The van der Waals surface area contributed by atoms with Crippen molar-refractivity contribution in [2.24, 2.45) is 0 Å². The van der Waals surface area contributed by atoms with Gasteiger partial charge in [-0.25, -0.2) is 0 Å². The number of carbonyl (C=O) groups excluding carboxylic acids is 1. The molecule has 138 valence electrons. The largest absolute Gasteiger partial charge is 0.497 e. The van der Waals surface area contributed by atoms with Gasteiger partial charge in [-0.05, 0) is 12.1 Å². The lowest BCUT2D eigenvalue weighted by Gasteiger charge is -2.47. The molecule has 8 nitrogen and oxygen atoms in total. The van der Waals surface area contributed by atoms with Gasteiger partial charge in [0.15, 0.2) is 12.6 Å². The number of benzene rings is 1. The normalized spacial score (nSPS) is 34.9. The van der Waals surface area contributed by atoms with Gasteiger partial charge in [0.25, 0.3) is 0 Å². The summed E-state index contributed by atoms with van der Waals surface area (Å²) >= 11 is 0. The van der Waals surface area contributed by atoms with Crippen molar-refractivity contribution in [2.45, 2.75) is 43.9 Å². The number of hydrogen-bond donors (Lipinski definition) is 2. The van der Waals surface area contributed by atoms with Crippen molar-refractivity contribution in [3.63, 3.8) is 0 Å². The van der Waals surface area contributed by atoms with Gasteiger partial charge in [-0.2, -0.15) is 0 Å². The highest BCUT2D eigenvalue weighted by molar-refractivity contribution is 5.73. The van der Waals surface area contributed by atoms with Crippen molar-refractivity contribution in [3.8, 4) is 5.75 Å². The standard InChI is InChI=1S/C17H23NO7/c1-9(19)18-13-14(20)15-12(24-17(13)22-3)8-23-16(25-15)10-4-6-11(21-2)7-5-10/h4-7,12-17,20H,8H2,1-3H3,(H,18,19)/t12?,13?,14-,15+,16?,17-/m1/s1. The molecule has 6 atom stereocenters. The molecule has 0 aliphatic carbocycles. The van der Waals surface area contributed by atoms with E-state index in [2.05, 4.69) is 5.32 Å². The number of carbonyl (C=O) groups is 1. The molecule has 2 heterocycles. The van der Waals surface area contributed by atoms with Crippen molar-refractivity contribution < 1.29 is 33.6 Å². The van der Waals surface area contributed by atoms with Gasteiger partial charge >= 0.3 is 0 Å². The van der Waals surface area contributed by atoms with E-state index < -0.39 is 36.9 Å². The molecule has 8 heteroatoms. The number of ether oxygens (including phenoxy) is 5. The minimum absolute atomic E-state index is 0.241. The van der Waals surface area contributed by atoms with Crippen LogP contribution >= 0.6 is 0 Å². The van der Waals surface area contributed by atoms with Crippen molar-refractivity contribution >= 4 is 5.91 Å². The van der Waals surface area contributed by atoms with Crippen molar-refractivity contribution in [3.05, 3.63) is 29.8 Å². The zero-order chi connectivity index (χ0) is 18.0. The van der Waals surface area contributed by atoms with Crippen LogP contribution in [-0.4, -0.2) is 62.5 Å². The number of hydrogen-bond acceptors (Lipinski definition) is 7. The molecule has 1 amide bonds. The summed E-state index contributed by atoms with van der Waals surface area (Å²) in [6.07, 6.45) is -3.53. The number of rotatable bonds is 4. The molecule has 2 saturated heterocycles. The van der Waals surface area contributed by atoms with E-state index in [0.717, 1.165) is 11.3 Å². The monoisotopic (exact) mass is 353 g/mol. The van der Waals surface area contributed by atoms with Gasteiger partial charge in [0, 0.05) is 19.6 Å². The third-order valence-electron chi connectivity index (χ3n) is 4.36. The van der Waals surface area contributed by atoms with Crippen molar-refractivity contribution in [1.29, 1.82) is 0 Å². The van der Waals surface area contributed by atoms with Crippen molar-refractivity contribution in [1.82, 2.24) is 5.32 Å². The van der Waals surface area contributed by atoms with E-state index in [1.165, 1.54) is 14.0 Å². The Balaban J connectivity index is 1.74. The van der Waals surface area contributed by atoms with E-state index in [4.69, 9.17) is 23.7 Å². The Hall–Kier alpha value is -1.71. The molecule has 0 bridgehead atoms. The minimum atomic E-state index is -0.989. The van der Waals surface area contributed by atoms with Gasteiger partial charge in [-0.3, -0.25) is 4.79 Å². The number of nitrogens with one attached hydrogen (secondary N) is 1. The first-order valence-electron chi connectivity index (χ1n) is 8.08. The van der Waals surface area contributed by atoms with E-state index >= 15 is 0 Å². The molecule has 2 N–H and O–H groups in total. The fraction of sp³-hybridized carbons (Fsp3) is 0.588. The van der Waals surface area contributed by atoms with Crippen LogP contribution in [-0.2, 0) is 23.7 Å². The Kier molecular flexibility index (Phi) is 5.55. The molecule has 0 spiro atoms. The summed E-state index contributed by atoms with van der Waals surface area (Å²) in [6, 6.07) is 6.57. The molecule has 1 aromatic rings. The molecule has 25 heavy (non-hydrogen) atoms. The quantitative estimate of drug-likeness (QED) is 0.806. The number of methoxy groups -OCH3 is 2. The maximum Gasteiger partial charge on any atom is 0.217 e. The van der Waals surface area contributed by atoms with Crippen LogP contribution in [0.1, 0.15) is 18.8 Å². The summed E-state index contributed by atoms with van der Waals surface area (Å²) in [4.78, 5) is 11.4. The van der Waals surface area contributed by atoms with Crippen LogP contribution < -0.4 is 10.1 Å². The highest BCUT2D eigenvalue weighted by atomic mass is 16.7. The number of aliphatic hydroxyl groups is 1. The second-order valence-corrected chi connectivity index (χ2v) is 6.03. The minimum Gasteiger partial charge on any atom is -0.497 e. The van der Waals surface area contributed by atoms with E-state index in [9.17, 15) is 9.90 Å². The van der Waals surface area contributed by atoms with E-state index in [0.29, 0.717) is 0 Å². The second-order valence-electron chi connectivity index (χ2n) is 6.03. The third kappa shape index (κ3) is 3.78. The van der Waals surface area contributed by atoms with Crippen LogP contribution in [0.15, 0.2) is 24.3 Å². The lowest BCUT2D eigenvalue weighted by Crippen LogP contribution is -2.66. The molecule has 3 unspecified atom stereocenters. The van der Waals surface area contributed by atoms with Crippen LogP contribution in [0.4, 0.5) is 0 Å². The SMILES string of the molecule is COc1ccc(C2OCC3O[C@@H](OC)C(NC(C)=O)[C@@H](O)[C@H]3O2)cc1.